The van der Waals surface area contributed by atoms with Gasteiger partial charge in [0.15, 0.2) is 0 Å². The molecule has 0 fully saturated rings. The van der Waals surface area contributed by atoms with Gasteiger partial charge in [0, 0.05) is 0 Å². The summed E-state index contributed by atoms with van der Waals surface area (Å²) in [6, 6.07) is 0. The molecular formula is C28H28ClN4Tl. The molecule has 4 nitrogen and oxygen atoms in total. The van der Waals surface area contributed by atoms with Gasteiger partial charge in [-0.3, -0.25) is 0 Å². The SMILES string of the molecule is CC1=C(C)C2=NC1=Cc1c(C)c(C)c3[n]1[Tl]([Cl])[n]1c(c(C)c(C)c1=CC1=NC(=C3)C(C)=C1C)=C2. The van der Waals surface area contributed by atoms with Gasteiger partial charge in [-0.15, -0.1) is 0 Å². The zero-order chi connectivity index (χ0) is 24.2. The Kier molecular flexibility index (Phi) is 4.85. The van der Waals surface area contributed by atoms with Crippen molar-refractivity contribution in [2.45, 2.75) is 55.4 Å². The first-order valence-electron chi connectivity index (χ1n) is 11.8. The maximum absolute atomic E-state index is 7.72. The number of rotatable bonds is 0. The summed E-state index contributed by atoms with van der Waals surface area (Å²) in [5, 5.41) is 2.39. The molecule has 0 radical (unpaired) electrons. The molecular weight excluding hydrogens is 632 g/mol. The molecule has 6 rings (SSSR count). The number of halogens is 1. The van der Waals surface area contributed by atoms with Crippen LogP contribution in [0.2, 0.25) is 0 Å². The van der Waals surface area contributed by atoms with E-state index in [0.717, 1.165) is 22.8 Å². The van der Waals surface area contributed by atoms with E-state index in [1.54, 1.807) is 0 Å². The number of nitrogens with zero attached hydrogens (tertiary/aromatic N) is 4. The molecule has 0 atom stereocenters. The van der Waals surface area contributed by atoms with Crippen LogP contribution in [-0.2, 0) is 0 Å². The molecule has 0 aliphatic carbocycles. The standard InChI is InChI=1S/C28H28N4.ClH.Tl/c1-13-14(2)22-10-24-17(5)18(6)26(31-24)12-28-20(8)19(7)27(32-28)11-25-16(4)15(3)23(30-25)9-21(13)29-22;;/h9-12H,1-8H3;1H;/q-2;;+3/p-1. The Hall–Kier alpha value is -2.19. The van der Waals surface area contributed by atoms with Crippen LogP contribution in [0.25, 0.3) is 24.3 Å². The topological polar surface area (TPSA) is 34.6 Å². The number of fused-ring (bicyclic) bond motifs is 2. The summed E-state index contributed by atoms with van der Waals surface area (Å²) in [7, 11) is 7.72. The van der Waals surface area contributed by atoms with Gasteiger partial charge in [-0.05, 0) is 0 Å². The predicted octanol–water partition coefficient (Wildman–Crippen LogP) is 5.00. The fraction of sp³-hybridized carbons (Fsp3) is 0.286. The number of hydrogen-bond donors (Lipinski definition) is 0. The molecule has 170 valence electrons. The zero-order valence-corrected chi connectivity index (χ0v) is 26.3. The molecule has 2 aromatic heterocycles. The van der Waals surface area contributed by atoms with Crippen LogP contribution in [0.4, 0.5) is 0 Å². The van der Waals surface area contributed by atoms with Gasteiger partial charge in [0.25, 0.3) is 0 Å². The Morgan fingerprint density at radius 3 is 1.38 bits per heavy atom. The van der Waals surface area contributed by atoms with Crippen LogP contribution in [0.3, 0.4) is 0 Å². The van der Waals surface area contributed by atoms with E-state index in [1.165, 1.54) is 66.6 Å². The number of aromatic nitrogens is 2. The van der Waals surface area contributed by atoms with Crippen molar-refractivity contribution in [3.8, 4) is 0 Å². The first-order valence-corrected chi connectivity index (χ1v) is 21.4. The molecule has 0 spiro atoms. The maximum atomic E-state index is 7.72. The van der Waals surface area contributed by atoms with Gasteiger partial charge < -0.3 is 0 Å². The van der Waals surface area contributed by atoms with E-state index in [2.05, 4.69) is 84.4 Å². The van der Waals surface area contributed by atoms with Crippen molar-refractivity contribution in [2.24, 2.45) is 9.98 Å². The molecule has 0 saturated heterocycles. The number of aliphatic imine (C=N–C) groups is 2. The summed E-state index contributed by atoms with van der Waals surface area (Å²) in [6.45, 7) is 17.6. The van der Waals surface area contributed by atoms with Gasteiger partial charge in [-0.25, -0.2) is 0 Å². The Morgan fingerprint density at radius 2 is 0.971 bits per heavy atom. The predicted molar refractivity (Wildman–Crippen MR) is 146 cm³/mol. The summed E-state index contributed by atoms with van der Waals surface area (Å²) in [5.74, 6) is 0. The van der Waals surface area contributed by atoms with Crippen molar-refractivity contribution in [3.05, 3.63) is 78.0 Å². The number of allylic oxidation sites excluding steroid dienone is 4. The first kappa shape index (κ1) is 22.3. The minimum absolute atomic E-state index is 1.04. The fourth-order valence-electron chi connectivity index (χ4n) is 5.48. The van der Waals surface area contributed by atoms with Crippen molar-refractivity contribution < 1.29 is 0 Å². The molecule has 4 aliphatic rings. The molecule has 0 N–H and O–H groups in total. The Morgan fingerprint density at radius 1 is 0.559 bits per heavy atom. The van der Waals surface area contributed by atoms with Crippen LogP contribution >= 0.6 is 8.32 Å². The molecule has 4 aliphatic heterocycles. The third-order valence-electron chi connectivity index (χ3n) is 8.36. The summed E-state index contributed by atoms with van der Waals surface area (Å²) < 4.78 is 4.98. The van der Waals surface area contributed by atoms with Crippen LogP contribution in [-0.4, -0.2) is 38.3 Å². The Balaban J connectivity index is 1.91. The summed E-state index contributed by atoms with van der Waals surface area (Å²) in [4.78, 5) is 10.2. The van der Waals surface area contributed by atoms with Crippen LogP contribution in [0.5, 0.6) is 0 Å². The molecule has 6 heterocycles. The van der Waals surface area contributed by atoms with Crippen LogP contribution in [0.15, 0.2) is 43.7 Å². The van der Waals surface area contributed by atoms with Gasteiger partial charge in [0.05, 0.1) is 0 Å². The summed E-state index contributed by atoms with van der Waals surface area (Å²) >= 11 is -3.34. The summed E-state index contributed by atoms with van der Waals surface area (Å²) in [5.41, 5.74) is 16.6. The third-order valence-corrected chi connectivity index (χ3v) is 19.4. The Labute approximate surface area is 213 Å². The molecule has 2 aromatic rings. The van der Waals surface area contributed by atoms with Crippen molar-refractivity contribution >= 4 is 66.1 Å². The van der Waals surface area contributed by atoms with Crippen molar-refractivity contribution in [1.82, 2.24) is 4.75 Å². The first-order chi connectivity index (χ1) is 16.1. The van der Waals surface area contributed by atoms with Crippen molar-refractivity contribution in [3.63, 3.8) is 0 Å². The Bertz CT molecular complexity index is 1560. The molecule has 0 unspecified atom stereocenters. The van der Waals surface area contributed by atoms with E-state index >= 15 is 0 Å². The second-order valence-corrected chi connectivity index (χ2v) is 19.8. The fourth-order valence-corrected chi connectivity index (χ4v) is 17.8. The minimum atomic E-state index is -3.34. The van der Waals surface area contributed by atoms with Crippen LogP contribution in [0, 0.1) is 27.7 Å². The van der Waals surface area contributed by atoms with E-state index in [-0.39, 0.29) is 0 Å². The van der Waals surface area contributed by atoms with Gasteiger partial charge in [-0.2, -0.15) is 0 Å². The van der Waals surface area contributed by atoms with Gasteiger partial charge >= 0.3 is 214 Å². The summed E-state index contributed by atoms with van der Waals surface area (Å²) in [6.07, 6.45) is 9.06. The van der Waals surface area contributed by atoms with Gasteiger partial charge in [0.1, 0.15) is 0 Å². The second-order valence-electron chi connectivity index (χ2n) is 9.93. The van der Waals surface area contributed by atoms with E-state index in [0.29, 0.717) is 0 Å². The van der Waals surface area contributed by atoms with Crippen molar-refractivity contribution in [2.75, 3.05) is 0 Å². The van der Waals surface area contributed by atoms with Crippen LogP contribution in [0.1, 0.15) is 61.3 Å². The average molecular weight is 660 g/mol. The molecule has 0 saturated carbocycles. The second kappa shape index (κ2) is 7.41. The van der Waals surface area contributed by atoms with E-state index in [4.69, 9.17) is 18.3 Å². The quantitative estimate of drug-likeness (QED) is 0.357. The molecule has 6 heteroatoms. The van der Waals surface area contributed by atoms with E-state index in [9.17, 15) is 0 Å². The van der Waals surface area contributed by atoms with Crippen LogP contribution < -0.4 is 10.7 Å². The zero-order valence-electron chi connectivity index (χ0n) is 21.1. The van der Waals surface area contributed by atoms with Crippen molar-refractivity contribution in [1.29, 1.82) is 0 Å². The van der Waals surface area contributed by atoms with E-state index < -0.39 is 22.1 Å². The van der Waals surface area contributed by atoms with Gasteiger partial charge in [0.2, 0.25) is 0 Å². The monoisotopic (exact) mass is 660 g/mol. The van der Waals surface area contributed by atoms with Gasteiger partial charge in [-0.1, -0.05) is 0 Å². The van der Waals surface area contributed by atoms with E-state index in [1.807, 2.05) is 0 Å². The molecule has 0 amide bonds. The molecule has 6 bridgehead atoms. The molecule has 0 aromatic carbocycles. The molecule has 34 heavy (non-hydrogen) atoms. The average Bonchev–Trinajstić information content (AvgIpc) is 3.39. The normalized spacial score (nSPS) is 18.4. The number of hydrogen-bond acceptors (Lipinski definition) is 2. The third kappa shape index (κ3) is 2.81.